The molecule has 1 heterocycles. The van der Waals surface area contributed by atoms with Crippen LogP contribution in [0.5, 0.6) is 5.75 Å². The van der Waals surface area contributed by atoms with Crippen LogP contribution in [0.3, 0.4) is 0 Å². The molecule has 7 heteroatoms. The molecule has 0 aliphatic carbocycles. The van der Waals surface area contributed by atoms with Gasteiger partial charge in [-0.3, -0.25) is 4.79 Å². The topological polar surface area (TPSA) is 55.6 Å². The molecular formula is C15H19F3N2O2. The van der Waals surface area contributed by atoms with Crippen LogP contribution in [0.25, 0.3) is 0 Å². The summed E-state index contributed by atoms with van der Waals surface area (Å²) in [6.45, 7) is 3.06. The number of hydrogen-bond acceptors (Lipinski definition) is 3. The first-order valence-electron chi connectivity index (χ1n) is 7.14. The maximum absolute atomic E-state index is 12.9. The molecule has 1 saturated heterocycles. The van der Waals surface area contributed by atoms with Gasteiger partial charge < -0.3 is 15.4 Å². The quantitative estimate of drug-likeness (QED) is 0.927. The highest BCUT2D eigenvalue weighted by Crippen LogP contribution is 2.36. The van der Waals surface area contributed by atoms with E-state index in [1.165, 1.54) is 25.1 Å². The molecule has 1 fully saturated rings. The molecule has 0 aromatic heterocycles. The SMILES string of the molecule is C[C@H](Oc1ccccc1C(F)(F)F)C(=O)N1CC[C@H](CN)C1. The number of halogens is 3. The number of hydrogen-bond donors (Lipinski definition) is 1. The number of ether oxygens (including phenoxy) is 1. The Morgan fingerprint density at radius 2 is 2.14 bits per heavy atom. The van der Waals surface area contributed by atoms with Crippen molar-refractivity contribution in [1.29, 1.82) is 0 Å². The van der Waals surface area contributed by atoms with Crippen molar-refractivity contribution in [3.63, 3.8) is 0 Å². The van der Waals surface area contributed by atoms with E-state index in [4.69, 9.17) is 10.5 Å². The minimum atomic E-state index is -4.52. The Kier molecular flexibility index (Phi) is 4.95. The van der Waals surface area contributed by atoms with E-state index in [1.807, 2.05) is 0 Å². The number of benzene rings is 1. The molecule has 0 unspecified atom stereocenters. The summed E-state index contributed by atoms with van der Waals surface area (Å²) in [6.07, 6.45) is -4.67. The van der Waals surface area contributed by atoms with Crippen molar-refractivity contribution in [2.24, 2.45) is 11.7 Å². The van der Waals surface area contributed by atoms with E-state index in [0.29, 0.717) is 19.6 Å². The van der Waals surface area contributed by atoms with Crippen LogP contribution in [-0.2, 0) is 11.0 Å². The van der Waals surface area contributed by atoms with Crippen LogP contribution in [0.4, 0.5) is 13.2 Å². The van der Waals surface area contributed by atoms with Crippen molar-refractivity contribution in [3.8, 4) is 5.75 Å². The Hall–Kier alpha value is -1.76. The predicted octanol–water partition coefficient (Wildman–Crippen LogP) is 2.28. The van der Waals surface area contributed by atoms with Crippen LogP contribution in [0.15, 0.2) is 24.3 Å². The first-order valence-corrected chi connectivity index (χ1v) is 7.14. The fourth-order valence-corrected chi connectivity index (χ4v) is 2.53. The van der Waals surface area contributed by atoms with Crippen molar-refractivity contribution in [2.75, 3.05) is 19.6 Å². The van der Waals surface area contributed by atoms with E-state index in [9.17, 15) is 18.0 Å². The number of nitrogens with two attached hydrogens (primary N) is 1. The molecular weight excluding hydrogens is 297 g/mol. The highest BCUT2D eigenvalue weighted by molar-refractivity contribution is 5.81. The molecule has 1 amide bonds. The second-order valence-electron chi connectivity index (χ2n) is 5.43. The number of para-hydroxylation sites is 1. The molecule has 1 aromatic carbocycles. The molecule has 2 atom stereocenters. The van der Waals surface area contributed by atoms with Crippen LogP contribution in [-0.4, -0.2) is 36.5 Å². The third kappa shape index (κ3) is 3.71. The van der Waals surface area contributed by atoms with Gasteiger partial charge in [-0.15, -0.1) is 0 Å². The standard InChI is InChI=1S/C15H19F3N2O2/c1-10(14(21)20-7-6-11(8-19)9-20)22-13-5-3-2-4-12(13)15(16,17)18/h2-5,10-11H,6-9,19H2,1H3/t10-,11+/m0/s1. The van der Waals surface area contributed by atoms with Gasteiger partial charge >= 0.3 is 6.18 Å². The van der Waals surface area contributed by atoms with E-state index in [1.54, 1.807) is 4.90 Å². The highest BCUT2D eigenvalue weighted by Gasteiger charge is 2.35. The molecule has 2 rings (SSSR count). The summed E-state index contributed by atoms with van der Waals surface area (Å²) < 4.78 is 44.0. The summed E-state index contributed by atoms with van der Waals surface area (Å²) in [5.74, 6) is -0.392. The van der Waals surface area contributed by atoms with Gasteiger partial charge in [-0.2, -0.15) is 13.2 Å². The maximum Gasteiger partial charge on any atom is 0.419 e. The average molecular weight is 316 g/mol. The van der Waals surface area contributed by atoms with E-state index < -0.39 is 17.8 Å². The lowest BCUT2D eigenvalue weighted by molar-refractivity contribution is -0.143. The summed E-state index contributed by atoms with van der Waals surface area (Å²) in [7, 11) is 0. The average Bonchev–Trinajstić information content (AvgIpc) is 2.94. The second-order valence-corrected chi connectivity index (χ2v) is 5.43. The van der Waals surface area contributed by atoms with Crippen LogP contribution < -0.4 is 10.5 Å². The molecule has 0 radical (unpaired) electrons. The van der Waals surface area contributed by atoms with Crippen LogP contribution in [0.1, 0.15) is 18.9 Å². The van der Waals surface area contributed by atoms with Gasteiger partial charge in [0.25, 0.3) is 5.91 Å². The van der Waals surface area contributed by atoms with Gasteiger partial charge in [-0.05, 0) is 37.9 Å². The summed E-state index contributed by atoms with van der Waals surface area (Å²) in [6, 6.07) is 4.89. The fourth-order valence-electron chi connectivity index (χ4n) is 2.53. The Bertz CT molecular complexity index is 534. The lowest BCUT2D eigenvalue weighted by atomic mass is 10.1. The minimum Gasteiger partial charge on any atom is -0.480 e. The summed E-state index contributed by atoms with van der Waals surface area (Å²) >= 11 is 0. The van der Waals surface area contributed by atoms with Gasteiger partial charge in [0.15, 0.2) is 6.10 Å². The molecule has 2 N–H and O–H groups in total. The van der Waals surface area contributed by atoms with Gasteiger partial charge in [0.1, 0.15) is 5.75 Å². The molecule has 1 aliphatic rings. The fraction of sp³-hybridized carbons (Fsp3) is 0.533. The minimum absolute atomic E-state index is 0.249. The number of carbonyl (C=O) groups is 1. The van der Waals surface area contributed by atoms with Crippen molar-refractivity contribution in [2.45, 2.75) is 25.6 Å². The molecule has 4 nitrogen and oxygen atoms in total. The van der Waals surface area contributed by atoms with Gasteiger partial charge in [-0.1, -0.05) is 12.1 Å². The zero-order valence-electron chi connectivity index (χ0n) is 12.3. The Morgan fingerprint density at radius 3 is 2.73 bits per heavy atom. The number of carbonyl (C=O) groups excluding carboxylic acids is 1. The summed E-state index contributed by atoms with van der Waals surface area (Å²) in [5, 5.41) is 0. The number of alkyl halides is 3. The van der Waals surface area contributed by atoms with Crippen molar-refractivity contribution in [3.05, 3.63) is 29.8 Å². The van der Waals surface area contributed by atoms with E-state index in [-0.39, 0.29) is 17.6 Å². The molecule has 0 saturated carbocycles. The second kappa shape index (κ2) is 6.56. The van der Waals surface area contributed by atoms with Crippen LogP contribution in [0.2, 0.25) is 0 Å². The summed E-state index contributed by atoms with van der Waals surface area (Å²) in [5.41, 5.74) is 4.69. The first-order chi connectivity index (χ1) is 10.3. The lowest BCUT2D eigenvalue weighted by Gasteiger charge is -2.23. The highest BCUT2D eigenvalue weighted by atomic mass is 19.4. The lowest BCUT2D eigenvalue weighted by Crippen LogP contribution is -2.39. The predicted molar refractivity (Wildman–Crippen MR) is 75.3 cm³/mol. The normalized spacial score (nSPS) is 20.0. The molecule has 0 spiro atoms. The Balaban J connectivity index is 2.06. The van der Waals surface area contributed by atoms with Gasteiger partial charge in [0.05, 0.1) is 5.56 Å². The number of nitrogens with zero attached hydrogens (tertiary/aromatic N) is 1. The molecule has 1 aliphatic heterocycles. The van der Waals surface area contributed by atoms with E-state index in [2.05, 4.69) is 0 Å². The van der Waals surface area contributed by atoms with Gasteiger partial charge in [-0.25, -0.2) is 0 Å². The summed E-state index contributed by atoms with van der Waals surface area (Å²) in [4.78, 5) is 13.8. The maximum atomic E-state index is 12.9. The molecule has 122 valence electrons. The zero-order chi connectivity index (χ0) is 16.3. The zero-order valence-corrected chi connectivity index (χ0v) is 12.3. The first kappa shape index (κ1) is 16.6. The molecule has 0 bridgehead atoms. The van der Waals surface area contributed by atoms with Crippen LogP contribution in [0, 0.1) is 5.92 Å². The number of likely N-dealkylation sites (tertiary alicyclic amines) is 1. The molecule has 1 aromatic rings. The Morgan fingerprint density at radius 1 is 1.45 bits per heavy atom. The molecule has 22 heavy (non-hydrogen) atoms. The third-order valence-electron chi connectivity index (χ3n) is 3.77. The Labute approximate surface area is 127 Å². The largest absolute Gasteiger partial charge is 0.480 e. The van der Waals surface area contributed by atoms with Gasteiger partial charge in [0.2, 0.25) is 0 Å². The van der Waals surface area contributed by atoms with Crippen molar-refractivity contribution < 1.29 is 22.7 Å². The van der Waals surface area contributed by atoms with Gasteiger partial charge in [0, 0.05) is 13.1 Å². The number of rotatable bonds is 4. The van der Waals surface area contributed by atoms with Crippen molar-refractivity contribution in [1.82, 2.24) is 4.90 Å². The van der Waals surface area contributed by atoms with Crippen LogP contribution >= 0.6 is 0 Å². The third-order valence-corrected chi connectivity index (χ3v) is 3.77. The monoisotopic (exact) mass is 316 g/mol. The van der Waals surface area contributed by atoms with E-state index in [0.717, 1.165) is 12.5 Å². The van der Waals surface area contributed by atoms with Crippen molar-refractivity contribution >= 4 is 5.91 Å². The number of amides is 1. The van der Waals surface area contributed by atoms with E-state index >= 15 is 0 Å². The smallest absolute Gasteiger partial charge is 0.419 e.